The number of hydrogen-bond acceptors (Lipinski definition) is 0. The van der Waals surface area contributed by atoms with Crippen LogP contribution in [0.25, 0.3) is 0 Å². The summed E-state index contributed by atoms with van der Waals surface area (Å²) in [6, 6.07) is 3.40. The maximum atomic E-state index is 13.0. The summed E-state index contributed by atoms with van der Waals surface area (Å²) in [5.74, 6) is -0.104. The molecule has 0 aliphatic rings. The van der Waals surface area contributed by atoms with Crippen LogP contribution in [-0.4, -0.2) is 0 Å². The van der Waals surface area contributed by atoms with E-state index in [4.69, 9.17) is 0 Å². The zero-order valence-corrected chi connectivity index (χ0v) is 8.20. The average molecular weight is 217 g/mol. The van der Waals surface area contributed by atoms with Crippen molar-refractivity contribution in [1.82, 2.24) is 0 Å². The smallest absolute Gasteiger partial charge is 0.126 e. The van der Waals surface area contributed by atoms with E-state index < -0.39 is 0 Å². The van der Waals surface area contributed by atoms with Gasteiger partial charge in [-0.15, -0.1) is 0 Å². The molecule has 0 atom stereocenters. The first-order valence-electron chi connectivity index (χ1n) is 3.59. The molecule has 0 aromatic heterocycles. The molecule has 0 unspecified atom stereocenters. The van der Waals surface area contributed by atoms with Gasteiger partial charge in [0.2, 0.25) is 0 Å². The normalized spacial score (nSPS) is 10.2. The summed E-state index contributed by atoms with van der Waals surface area (Å²) in [5.41, 5.74) is 1.71. The third-order valence-electron chi connectivity index (χ3n) is 1.71. The Morgan fingerprint density at radius 2 is 2.09 bits per heavy atom. The van der Waals surface area contributed by atoms with Gasteiger partial charge in [-0.1, -0.05) is 22.9 Å². The predicted molar refractivity (Wildman–Crippen MR) is 48.2 cm³/mol. The topological polar surface area (TPSA) is 0 Å². The van der Waals surface area contributed by atoms with Crippen LogP contribution in [0, 0.1) is 12.7 Å². The molecule has 1 aromatic carbocycles. The quantitative estimate of drug-likeness (QED) is 0.675. The van der Waals surface area contributed by atoms with Crippen LogP contribution in [0.4, 0.5) is 4.39 Å². The molecule has 60 valence electrons. The van der Waals surface area contributed by atoms with E-state index in [-0.39, 0.29) is 5.82 Å². The molecule has 0 heterocycles. The molecule has 0 spiro atoms. The minimum absolute atomic E-state index is 0.104. The number of rotatable bonds is 1. The van der Waals surface area contributed by atoms with Gasteiger partial charge in [-0.25, -0.2) is 4.39 Å². The van der Waals surface area contributed by atoms with Gasteiger partial charge in [0.25, 0.3) is 0 Å². The minimum Gasteiger partial charge on any atom is -0.207 e. The van der Waals surface area contributed by atoms with Gasteiger partial charge in [0, 0.05) is 4.47 Å². The Morgan fingerprint density at radius 3 is 2.64 bits per heavy atom. The maximum Gasteiger partial charge on any atom is 0.126 e. The maximum absolute atomic E-state index is 13.0. The molecule has 0 nitrogen and oxygen atoms in total. The Labute approximate surface area is 74.6 Å². The van der Waals surface area contributed by atoms with E-state index in [1.807, 2.05) is 19.9 Å². The molecule has 11 heavy (non-hydrogen) atoms. The van der Waals surface area contributed by atoms with Crippen molar-refractivity contribution in [2.45, 2.75) is 20.3 Å². The van der Waals surface area contributed by atoms with Gasteiger partial charge in [-0.05, 0) is 36.6 Å². The van der Waals surface area contributed by atoms with Crippen molar-refractivity contribution in [2.75, 3.05) is 0 Å². The predicted octanol–water partition coefficient (Wildman–Crippen LogP) is 3.46. The van der Waals surface area contributed by atoms with Crippen LogP contribution in [0.2, 0.25) is 0 Å². The van der Waals surface area contributed by atoms with E-state index in [9.17, 15) is 4.39 Å². The molecule has 0 saturated carbocycles. The van der Waals surface area contributed by atoms with Crippen molar-refractivity contribution in [3.8, 4) is 0 Å². The zero-order valence-electron chi connectivity index (χ0n) is 6.62. The van der Waals surface area contributed by atoms with Crippen LogP contribution >= 0.6 is 15.9 Å². The van der Waals surface area contributed by atoms with Crippen molar-refractivity contribution < 1.29 is 4.39 Å². The number of halogens is 2. The summed E-state index contributed by atoms with van der Waals surface area (Å²) >= 11 is 3.35. The molecule has 2 heteroatoms. The Kier molecular flexibility index (Phi) is 2.66. The first-order valence-corrected chi connectivity index (χ1v) is 4.39. The molecule has 0 radical (unpaired) electrons. The van der Waals surface area contributed by atoms with E-state index in [1.54, 1.807) is 6.07 Å². The lowest BCUT2D eigenvalue weighted by atomic mass is 10.1. The lowest BCUT2D eigenvalue weighted by Crippen LogP contribution is -1.89. The molecule has 0 amide bonds. The highest BCUT2D eigenvalue weighted by Gasteiger charge is 2.02. The van der Waals surface area contributed by atoms with Crippen LogP contribution in [0.3, 0.4) is 0 Å². The van der Waals surface area contributed by atoms with Crippen LogP contribution in [0.5, 0.6) is 0 Å². The van der Waals surface area contributed by atoms with Crippen molar-refractivity contribution in [1.29, 1.82) is 0 Å². The second-order valence-electron chi connectivity index (χ2n) is 2.55. The van der Waals surface area contributed by atoms with Crippen LogP contribution in [0.1, 0.15) is 18.1 Å². The molecule has 0 aliphatic carbocycles. The van der Waals surface area contributed by atoms with Crippen LogP contribution in [-0.2, 0) is 6.42 Å². The molecule has 1 aromatic rings. The molecule has 0 fully saturated rings. The molecule has 0 aliphatic heterocycles. The van der Waals surface area contributed by atoms with Crippen LogP contribution < -0.4 is 0 Å². The van der Waals surface area contributed by atoms with Gasteiger partial charge in [0.15, 0.2) is 0 Å². The minimum atomic E-state index is -0.104. The molecular formula is C9H10BrF. The largest absolute Gasteiger partial charge is 0.207 e. The monoisotopic (exact) mass is 216 g/mol. The second-order valence-corrected chi connectivity index (χ2v) is 3.40. The fraction of sp³-hybridized carbons (Fsp3) is 0.333. The average Bonchev–Trinajstić information content (AvgIpc) is 1.97. The summed E-state index contributed by atoms with van der Waals surface area (Å²) in [7, 11) is 0. The van der Waals surface area contributed by atoms with E-state index in [0.29, 0.717) is 0 Å². The molecule has 1 rings (SSSR count). The van der Waals surface area contributed by atoms with Crippen molar-refractivity contribution >= 4 is 15.9 Å². The molecule has 0 bridgehead atoms. The highest BCUT2D eigenvalue weighted by atomic mass is 79.9. The van der Waals surface area contributed by atoms with E-state index in [1.165, 1.54) is 0 Å². The fourth-order valence-electron chi connectivity index (χ4n) is 0.958. The summed E-state index contributed by atoms with van der Waals surface area (Å²) in [4.78, 5) is 0. The first kappa shape index (κ1) is 8.72. The molecule has 0 N–H and O–H groups in total. The third-order valence-corrected chi connectivity index (χ3v) is 2.56. The Morgan fingerprint density at radius 1 is 1.45 bits per heavy atom. The molecular weight excluding hydrogens is 207 g/mol. The lowest BCUT2D eigenvalue weighted by molar-refractivity contribution is 0.610. The zero-order chi connectivity index (χ0) is 8.43. The van der Waals surface area contributed by atoms with Crippen molar-refractivity contribution in [2.24, 2.45) is 0 Å². The van der Waals surface area contributed by atoms with Gasteiger partial charge in [0.05, 0.1) is 0 Å². The summed E-state index contributed by atoms with van der Waals surface area (Å²) < 4.78 is 14.0. The molecule has 0 saturated heterocycles. The number of benzene rings is 1. The summed E-state index contributed by atoms with van der Waals surface area (Å²) in [5, 5.41) is 0. The van der Waals surface area contributed by atoms with E-state index >= 15 is 0 Å². The number of aryl methyl sites for hydroxylation is 2. The van der Waals surface area contributed by atoms with Gasteiger partial charge >= 0.3 is 0 Å². The van der Waals surface area contributed by atoms with E-state index in [2.05, 4.69) is 15.9 Å². The fourth-order valence-corrected chi connectivity index (χ4v) is 1.35. The lowest BCUT2D eigenvalue weighted by Gasteiger charge is -2.02. The van der Waals surface area contributed by atoms with Crippen molar-refractivity contribution in [3.05, 3.63) is 33.5 Å². The third kappa shape index (κ3) is 1.80. The Balaban J connectivity index is 3.21. The van der Waals surface area contributed by atoms with Gasteiger partial charge in [0.1, 0.15) is 5.82 Å². The SMILES string of the molecule is CCc1cc(Br)c(C)cc1F. The van der Waals surface area contributed by atoms with E-state index in [0.717, 1.165) is 22.0 Å². The highest BCUT2D eigenvalue weighted by molar-refractivity contribution is 9.10. The Bertz CT molecular complexity index is 269. The standard InChI is InChI=1S/C9H10BrF/c1-3-7-5-8(10)6(2)4-9(7)11/h4-5H,3H2,1-2H3. The Hall–Kier alpha value is -0.370. The van der Waals surface area contributed by atoms with Gasteiger partial charge in [-0.3, -0.25) is 0 Å². The second kappa shape index (κ2) is 3.35. The van der Waals surface area contributed by atoms with Gasteiger partial charge in [-0.2, -0.15) is 0 Å². The van der Waals surface area contributed by atoms with Crippen LogP contribution in [0.15, 0.2) is 16.6 Å². The number of hydrogen-bond donors (Lipinski definition) is 0. The first-order chi connectivity index (χ1) is 5.15. The highest BCUT2D eigenvalue weighted by Crippen LogP contribution is 2.20. The van der Waals surface area contributed by atoms with Gasteiger partial charge < -0.3 is 0 Å². The van der Waals surface area contributed by atoms with Crippen molar-refractivity contribution in [3.63, 3.8) is 0 Å². The summed E-state index contributed by atoms with van der Waals surface area (Å²) in [6.07, 6.45) is 0.741. The summed E-state index contributed by atoms with van der Waals surface area (Å²) in [6.45, 7) is 3.83.